The van der Waals surface area contributed by atoms with Gasteiger partial charge in [-0.1, -0.05) is 6.07 Å². The lowest BCUT2D eigenvalue weighted by molar-refractivity contribution is 1.17. The number of aryl methyl sites for hydroxylation is 2. The molecule has 0 saturated heterocycles. The van der Waals surface area contributed by atoms with E-state index < -0.39 is 0 Å². The van der Waals surface area contributed by atoms with Crippen molar-refractivity contribution in [1.82, 2.24) is 0 Å². The number of rotatable bonds is 3. The molecule has 2 rings (SSSR count). The highest BCUT2D eigenvalue weighted by Crippen LogP contribution is 2.28. The van der Waals surface area contributed by atoms with Crippen LogP contribution in [0.2, 0.25) is 0 Å². The van der Waals surface area contributed by atoms with E-state index in [9.17, 15) is 0 Å². The van der Waals surface area contributed by atoms with Crippen LogP contribution in [0.15, 0.2) is 28.7 Å². The summed E-state index contributed by atoms with van der Waals surface area (Å²) in [6, 6.07) is 10.3. The molecule has 0 radical (unpaired) electrons. The first-order valence-electron chi connectivity index (χ1n) is 5.59. The van der Waals surface area contributed by atoms with Crippen molar-refractivity contribution in [2.45, 2.75) is 20.4 Å². The highest BCUT2D eigenvalue weighted by atomic mass is 79.9. The Hall–Kier alpha value is -1.31. The third-order valence-corrected chi connectivity index (χ3v) is 4.26. The summed E-state index contributed by atoms with van der Waals surface area (Å²) in [7, 11) is 0. The molecule has 1 aromatic carbocycles. The number of halogens is 1. The maximum Gasteiger partial charge on any atom is 0.110 e. The lowest BCUT2D eigenvalue weighted by Gasteiger charge is -2.12. The number of anilines is 1. The third-order valence-electron chi connectivity index (χ3n) is 2.64. The van der Waals surface area contributed by atoms with Gasteiger partial charge < -0.3 is 5.32 Å². The molecular formula is C14H13BrN2S. The van der Waals surface area contributed by atoms with E-state index in [1.165, 1.54) is 27.3 Å². The van der Waals surface area contributed by atoms with Gasteiger partial charge in [0.1, 0.15) is 10.9 Å². The van der Waals surface area contributed by atoms with Crippen molar-refractivity contribution in [2.75, 3.05) is 5.32 Å². The van der Waals surface area contributed by atoms with Gasteiger partial charge in [0.25, 0.3) is 0 Å². The number of benzene rings is 1. The standard InChI is InChI=1S/C14H13BrN2S/c1-9-5-10(2)14(13(15)6-9)17-8-12-4-3-11(7-16)18-12/h3-6,17H,8H2,1-2H3. The quantitative estimate of drug-likeness (QED) is 0.896. The van der Waals surface area contributed by atoms with E-state index in [0.717, 1.165) is 21.6 Å². The zero-order valence-corrected chi connectivity index (χ0v) is 12.7. The largest absolute Gasteiger partial charge is 0.379 e. The van der Waals surface area contributed by atoms with Crippen LogP contribution in [0, 0.1) is 25.2 Å². The van der Waals surface area contributed by atoms with Gasteiger partial charge in [0, 0.05) is 15.9 Å². The summed E-state index contributed by atoms with van der Waals surface area (Å²) < 4.78 is 1.08. The van der Waals surface area contributed by atoms with Gasteiger partial charge in [-0.15, -0.1) is 11.3 Å². The van der Waals surface area contributed by atoms with Gasteiger partial charge in [0.15, 0.2) is 0 Å². The molecule has 1 heterocycles. The highest BCUT2D eigenvalue weighted by Gasteiger charge is 2.05. The number of hydrogen-bond acceptors (Lipinski definition) is 3. The van der Waals surface area contributed by atoms with Crippen LogP contribution in [0.1, 0.15) is 20.9 Å². The van der Waals surface area contributed by atoms with Gasteiger partial charge in [-0.25, -0.2) is 0 Å². The fraction of sp³-hybridized carbons (Fsp3) is 0.214. The Morgan fingerprint density at radius 3 is 2.72 bits per heavy atom. The summed E-state index contributed by atoms with van der Waals surface area (Å²) >= 11 is 5.11. The van der Waals surface area contributed by atoms with Crippen LogP contribution < -0.4 is 5.32 Å². The van der Waals surface area contributed by atoms with Gasteiger partial charge >= 0.3 is 0 Å². The smallest absolute Gasteiger partial charge is 0.110 e. The third kappa shape index (κ3) is 2.92. The number of nitriles is 1. The maximum absolute atomic E-state index is 8.79. The van der Waals surface area contributed by atoms with Gasteiger partial charge in [0.05, 0.1) is 5.69 Å². The van der Waals surface area contributed by atoms with Crippen molar-refractivity contribution in [1.29, 1.82) is 5.26 Å². The zero-order chi connectivity index (χ0) is 13.1. The molecule has 0 unspecified atom stereocenters. The average Bonchev–Trinajstić information content (AvgIpc) is 2.75. The van der Waals surface area contributed by atoms with E-state index in [1.807, 2.05) is 12.1 Å². The number of hydrogen-bond donors (Lipinski definition) is 1. The second-order valence-electron chi connectivity index (χ2n) is 4.17. The van der Waals surface area contributed by atoms with E-state index in [2.05, 4.69) is 53.3 Å². The van der Waals surface area contributed by atoms with Crippen molar-refractivity contribution in [3.63, 3.8) is 0 Å². The molecule has 18 heavy (non-hydrogen) atoms. The molecular weight excluding hydrogens is 308 g/mol. The molecule has 0 fully saturated rings. The maximum atomic E-state index is 8.79. The van der Waals surface area contributed by atoms with Crippen LogP contribution in [-0.4, -0.2) is 0 Å². The summed E-state index contributed by atoms with van der Waals surface area (Å²) in [5, 5.41) is 12.2. The fourth-order valence-electron chi connectivity index (χ4n) is 1.85. The summed E-state index contributed by atoms with van der Waals surface area (Å²) in [5.41, 5.74) is 3.58. The second kappa shape index (κ2) is 5.55. The molecule has 1 aromatic heterocycles. The Bertz CT molecular complexity index is 587. The van der Waals surface area contributed by atoms with Crippen molar-refractivity contribution < 1.29 is 0 Å². The lowest BCUT2D eigenvalue weighted by Crippen LogP contribution is -2.00. The first-order valence-corrected chi connectivity index (χ1v) is 7.20. The Labute approximate surface area is 119 Å². The van der Waals surface area contributed by atoms with E-state index >= 15 is 0 Å². The summed E-state index contributed by atoms with van der Waals surface area (Å²) in [6.45, 7) is 4.92. The van der Waals surface area contributed by atoms with E-state index in [0.29, 0.717) is 0 Å². The summed E-state index contributed by atoms with van der Waals surface area (Å²) in [4.78, 5) is 1.92. The van der Waals surface area contributed by atoms with E-state index in [1.54, 1.807) is 0 Å². The van der Waals surface area contributed by atoms with Gasteiger partial charge in [-0.2, -0.15) is 5.26 Å². The first kappa shape index (κ1) is 13.1. The molecule has 0 aliphatic rings. The SMILES string of the molecule is Cc1cc(C)c(NCc2ccc(C#N)s2)c(Br)c1. The van der Waals surface area contributed by atoms with Gasteiger partial charge in [-0.05, 0) is 59.1 Å². The fourth-order valence-corrected chi connectivity index (χ4v) is 3.41. The van der Waals surface area contributed by atoms with Crippen LogP contribution >= 0.6 is 27.3 Å². The predicted octanol–water partition coefficient (Wildman–Crippen LogP) is 4.61. The van der Waals surface area contributed by atoms with E-state index in [4.69, 9.17) is 5.26 Å². The molecule has 2 aromatic rings. The van der Waals surface area contributed by atoms with Crippen molar-refractivity contribution in [3.8, 4) is 6.07 Å². The Kier molecular flexibility index (Phi) is 4.05. The molecule has 0 amide bonds. The minimum atomic E-state index is 0.745. The topological polar surface area (TPSA) is 35.8 Å². The summed E-state index contributed by atoms with van der Waals surface area (Å²) in [6.07, 6.45) is 0. The molecule has 0 aliphatic carbocycles. The number of nitrogens with zero attached hydrogens (tertiary/aromatic N) is 1. The normalized spacial score (nSPS) is 10.1. The van der Waals surface area contributed by atoms with Crippen LogP contribution in [0.4, 0.5) is 5.69 Å². The van der Waals surface area contributed by atoms with Crippen LogP contribution in [0.25, 0.3) is 0 Å². The average molecular weight is 321 g/mol. The van der Waals surface area contributed by atoms with Crippen molar-refractivity contribution in [3.05, 3.63) is 49.6 Å². The second-order valence-corrected chi connectivity index (χ2v) is 6.19. The molecule has 0 bridgehead atoms. The number of thiophene rings is 1. The van der Waals surface area contributed by atoms with E-state index in [-0.39, 0.29) is 0 Å². The van der Waals surface area contributed by atoms with Crippen LogP contribution in [0.3, 0.4) is 0 Å². The van der Waals surface area contributed by atoms with Crippen molar-refractivity contribution >= 4 is 33.0 Å². The first-order chi connectivity index (χ1) is 8.60. The van der Waals surface area contributed by atoms with Crippen LogP contribution in [0.5, 0.6) is 0 Å². The Balaban J connectivity index is 2.13. The van der Waals surface area contributed by atoms with Gasteiger partial charge in [-0.3, -0.25) is 0 Å². The molecule has 2 nitrogen and oxygen atoms in total. The highest BCUT2D eigenvalue weighted by molar-refractivity contribution is 9.10. The van der Waals surface area contributed by atoms with Gasteiger partial charge in [0.2, 0.25) is 0 Å². The Morgan fingerprint density at radius 2 is 2.11 bits per heavy atom. The molecule has 0 aliphatic heterocycles. The van der Waals surface area contributed by atoms with Crippen LogP contribution in [-0.2, 0) is 6.54 Å². The molecule has 0 saturated carbocycles. The van der Waals surface area contributed by atoms with Crippen molar-refractivity contribution in [2.24, 2.45) is 0 Å². The summed E-state index contributed by atoms with van der Waals surface area (Å²) in [5.74, 6) is 0. The molecule has 1 N–H and O–H groups in total. The monoisotopic (exact) mass is 320 g/mol. The zero-order valence-electron chi connectivity index (χ0n) is 10.2. The molecule has 4 heteroatoms. The Morgan fingerprint density at radius 1 is 1.33 bits per heavy atom. The molecule has 0 atom stereocenters. The number of nitrogens with one attached hydrogen (secondary N) is 1. The predicted molar refractivity (Wildman–Crippen MR) is 80.0 cm³/mol. The minimum absolute atomic E-state index is 0.745. The minimum Gasteiger partial charge on any atom is -0.379 e. The lowest BCUT2D eigenvalue weighted by atomic mass is 10.1. The molecule has 92 valence electrons. The molecule has 0 spiro atoms.